The first-order valence-corrected chi connectivity index (χ1v) is 10.2. The van der Waals surface area contributed by atoms with Gasteiger partial charge in [0.2, 0.25) is 5.91 Å². The molecule has 152 valence electrons. The van der Waals surface area contributed by atoms with Crippen LogP contribution in [0.2, 0.25) is 0 Å². The van der Waals surface area contributed by atoms with E-state index < -0.39 is 0 Å². The average Bonchev–Trinajstić information content (AvgIpc) is 2.68. The van der Waals surface area contributed by atoms with Gasteiger partial charge in [-0.25, -0.2) is 0 Å². The number of rotatable bonds is 15. The third kappa shape index (κ3) is 12.1. The van der Waals surface area contributed by atoms with Crippen LogP contribution in [-0.2, 0) is 20.7 Å². The van der Waals surface area contributed by atoms with Gasteiger partial charge in [0, 0.05) is 19.4 Å². The first kappa shape index (κ1) is 23.0. The van der Waals surface area contributed by atoms with E-state index in [0.29, 0.717) is 32.4 Å². The van der Waals surface area contributed by atoms with Crippen molar-refractivity contribution in [2.24, 2.45) is 0 Å². The molecule has 0 saturated heterocycles. The molecule has 1 rings (SSSR count). The van der Waals surface area contributed by atoms with Crippen LogP contribution < -0.4 is 10.1 Å². The van der Waals surface area contributed by atoms with Crippen molar-refractivity contribution in [2.75, 3.05) is 20.3 Å². The highest BCUT2D eigenvalue weighted by molar-refractivity contribution is 5.77. The van der Waals surface area contributed by atoms with E-state index in [2.05, 4.69) is 12.2 Å². The molecule has 0 aliphatic heterocycles. The number of carbonyl (C=O) groups is 2. The SMILES string of the molecule is CCCCCCCCOC(=O)CCCC(=O)NCCc1ccc(OC)cc1. The largest absolute Gasteiger partial charge is 0.497 e. The van der Waals surface area contributed by atoms with Gasteiger partial charge in [-0.3, -0.25) is 9.59 Å². The fraction of sp³-hybridized carbons (Fsp3) is 0.636. The molecule has 1 aromatic rings. The maximum absolute atomic E-state index is 11.8. The minimum Gasteiger partial charge on any atom is -0.497 e. The topological polar surface area (TPSA) is 64.6 Å². The van der Waals surface area contributed by atoms with Crippen molar-refractivity contribution in [3.05, 3.63) is 29.8 Å². The molecule has 1 amide bonds. The maximum Gasteiger partial charge on any atom is 0.305 e. The molecule has 1 aromatic carbocycles. The van der Waals surface area contributed by atoms with Crippen LogP contribution in [-0.4, -0.2) is 32.1 Å². The Hall–Kier alpha value is -2.04. The Balaban J connectivity index is 1.98. The number of methoxy groups -OCH3 is 1. The molecule has 0 spiro atoms. The Morgan fingerprint density at radius 1 is 0.926 bits per heavy atom. The van der Waals surface area contributed by atoms with E-state index in [-0.39, 0.29) is 11.9 Å². The van der Waals surface area contributed by atoms with E-state index in [1.54, 1.807) is 7.11 Å². The highest BCUT2D eigenvalue weighted by Gasteiger charge is 2.06. The van der Waals surface area contributed by atoms with E-state index in [9.17, 15) is 9.59 Å². The summed E-state index contributed by atoms with van der Waals surface area (Å²) < 4.78 is 10.3. The molecule has 5 nitrogen and oxygen atoms in total. The highest BCUT2D eigenvalue weighted by atomic mass is 16.5. The van der Waals surface area contributed by atoms with E-state index in [1.165, 1.54) is 25.7 Å². The summed E-state index contributed by atoms with van der Waals surface area (Å²) in [7, 11) is 1.64. The fourth-order valence-corrected chi connectivity index (χ4v) is 2.76. The fourth-order valence-electron chi connectivity index (χ4n) is 2.76. The zero-order chi connectivity index (χ0) is 19.7. The maximum atomic E-state index is 11.8. The predicted octanol–water partition coefficient (Wildman–Crippen LogP) is 4.43. The van der Waals surface area contributed by atoms with E-state index >= 15 is 0 Å². The monoisotopic (exact) mass is 377 g/mol. The van der Waals surface area contributed by atoms with Crippen LogP contribution in [0.3, 0.4) is 0 Å². The first-order chi connectivity index (χ1) is 13.2. The van der Waals surface area contributed by atoms with Gasteiger partial charge in [0.25, 0.3) is 0 Å². The summed E-state index contributed by atoms with van der Waals surface area (Å²) in [5.74, 6) is 0.605. The molecule has 0 heterocycles. The molecule has 0 aromatic heterocycles. The van der Waals surface area contributed by atoms with Crippen LogP contribution in [0.1, 0.15) is 70.3 Å². The summed E-state index contributed by atoms with van der Waals surface area (Å²) in [6.45, 7) is 3.29. The summed E-state index contributed by atoms with van der Waals surface area (Å²) in [6, 6.07) is 7.80. The van der Waals surface area contributed by atoms with Gasteiger partial charge in [-0.15, -0.1) is 0 Å². The van der Waals surface area contributed by atoms with Gasteiger partial charge in [0.1, 0.15) is 5.75 Å². The zero-order valence-corrected chi connectivity index (χ0v) is 16.9. The molecule has 0 aliphatic carbocycles. The predicted molar refractivity (Wildman–Crippen MR) is 108 cm³/mol. The summed E-state index contributed by atoms with van der Waals surface area (Å²) in [4.78, 5) is 23.5. The van der Waals surface area contributed by atoms with Crippen molar-refractivity contribution in [1.29, 1.82) is 0 Å². The summed E-state index contributed by atoms with van der Waals surface area (Å²) in [5, 5.41) is 2.89. The van der Waals surface area contributed by atoms with Crippen molar-refractivity contribution in [3.63, 3.8) is 0 Å². The number of nitrogens with one attached hydrogen (secondary N) is 1. The molecule has 27 heavy (non-hydrogen) atoms. The molecule has 0 radical (unpaired) electrons. The standard InChI is InChI=1S/C22H35NO4/c1-3-4-5-6-7-8-18-27-22(25)11-9-10-21(24)23-17-16-19-12-14-20(26-2)15-13-19/h12-15H,3-11,16-18H2,1-2H3,(H,23,24). The van der Waals surface area contributed by atoms with Gasteiger partial charge in [-0.05, 0) is 37.0 Å². The molecule has 0 bridgehead atoms. The Morgan fingerprint density at radius 2 is 1.63 bits per heavy atom. The highest BCUT2D eigenvalue weighted by Crippen LogP contribution is 2.11. The molecular weight excluding hydrogens is 342 g/mol. The van der Waals surface area contributed by atoms with Crippen LogP contribution in [0.5, 0.6) is 5.75 Å². The third-order valence-corrected chi connectivity index (χ3v) is 4.44. The molecule has 0 unspecified atom stereocenters. The van der Waals surface area contributed by atoms with Gasteiger partial charge in [-0.2, -0.15) is 0 Å². The lowest BCUT2D eigenvalue weighted by atomic mass is 10.1. The van der Waals surface area contributed by atoms with Gasteiger partial charge < -0.3 is 14.8 Å². The minimum atomic E-state index is -0.199. The Labute approximate surface area is 163 Å². The van der Waals surface area contributed by atoms with Gasteiger partial charge in [0.05, 0.1) is 13.7 Å². The number of ether oxygens (including phenoxy) is 2. The quantitative estimate of drug-likeness (QED) is 0.363. The molecule has 1 N–H and O–H groups in total. The summed E-state index contributed by atoms with van der Waals surface area (Å²) in [5.41, 5.74) is 1.15. The van der Waals surface area contributed by atoms with Crippen LogP contribution in [0.25, 0.3) is 0 Å². The van der Waals surface area contributed by atoms with Crippen LogP contribution >= 0.6 is 0 Å². The molecular formula is C22H35NO4. The van der Waals surface area contributed by atoms with E-state index in [1.807, 2.05) is 24.3 Å². The van der Waals surface area contributed by atoms with Crippen molar-refractivity contribution < 1.29 is 19.1 Å². The van der Waals surface area contributed by atoms with Gasteiger partial charge >= 0.3 is 5.97 Å². The van der Waals surface area contributed by atoms with Crippen molar-refractivity contribution in [3.8, 4) is 5.75 Å². The number of hydrogen-bond acceptors (Lipinski definition) is 4. The van der Waals surface area contributed by atoms with Crippen LogP contribution in [0, 0.1) is 0 Å². The number of benzene rings is 1. The average molecular weight is 378 g/mol. The molecule has 0 saturated carbocycles. The first-order valence-electron chi connectivity index (χ1n) is 10.2. The third-order valence-electron chi connectivity index (χ3n) is 4.44. The van der Waals surface area contributed by atoms with Crippen molar-refractivity contribution >= 4 is 11.9 Å². The zero-order valence-electron chi connectivity index (χ0n) is 16.9. The lowest BCUT2D eigenvalue weighted by Crippen LogP contribution is -2.25. The molecule has 5 heteroatoms. The number of esters is 1. The minimum absolute atomic E-state index is 0.0211. The second kappa shape index (κ2) is 15.1. The number of carbonyl (C=O) groups excluding carboxylic acids is 2. The number of unbranched alkanes of at least 4 members (excludes halogenated alkanes) is 5. The van der Waals surface area contributed by atoms with Crippen LogP contribution in [0.15, 0.2) is 24.3 Å². The summed E-state index contributed by atoms with van der Waals surface area (Å²) >= 11 is 0. The Bertz CT molecular complexity index is 528. The molecule has 0 aliphatic rings. The lowest BCUT2D eigenvalue weighted by molar-refractivity contribution is -0.143. The van der Waals surface area contributed by atoms with Crippen molar-refractivity contribution in [1.82, 2.24) is 5.32 Å². The van der Waals surface area contributed by atoms with E-state index in [4.69, 9.17) is 9.47 Å². The van der Waals surface area contributed by atoms with Gasteiger partial charge in [0.15, 0.2) is 0 Å². The number of hydrogen-bond donors (Lipinski definition) is 1. The lowest BCUT2D eigenvalue weighted by Gasteiger charge is -2.07. The second-order valence-electron chi connectivity index (χ2n) is 6.79. The normalized spacial score (nSPS) is 10.4. The Morgan fingerprint density at radius 3 is 2.33 bits per heavy atom. The second-order valence-corrected chi connectivity index (χ2v) is 6.79. The summed E-state index contributed by atoms with van der Waals surface area (Å²) in [6.07, 6.45) is 9.01. The van der Waals surface area contributed by atoms with Crippen LogP contribution in [0.4, 0.5) is 0 Å². The smallest absolute Gasteiger partial charge is 0.305 e. The molecule has 0 atom stereocenters. The number of amides is 1. The Kier molecular flexibility index (Phi) is 12.8. The van der Waals surface area contributed by atoms with E-state index in [0.717, 1.165) is 30.6 Å². The molecule has 0 fully saturated rings. The van der Waals surface area contributed by atoms with Gasteiger partial charge in [-0.1, -0.05) is 51.2 Å². The van der Waals surface area contributed by atoms with Crippen molar-refractivity contribution in [2.45, 2.75) is 71.1 Å².